The standard InChI is InChI=1S/C16H18N2O2/c1-16(2,14-17-7-8-19-14)15-18-13-11-6-4-3-5-10(11)9-12(13)20-15/h3-6,12-13H,7-9H2,1-2H3/t12-,13+/m0/s1. The van der Waals surface area contributed by atoms with E-state index in [-0.39, 0.29) is 17.6 Å². The van der Waals surface area contributed by atoms with Crippen molar-refractivity contribution in [1.82, 2.24) is 0 Å². The summed E-state index contributed by atoms with van der Waals surface area (Å²) < 4.78 is 11.7. The third-order valence-corrected chi connectivity index (χ3v) is 4.32. The van der Waals surface area contributed by atoms with E-state index >= 15 is 0 Å². The summed E-state index contributed by atoms with van der Waals surface area (Å²) in [7, 11) is 0. The summed E-state index contributed by atoms with van der Waals surface area (Å²) in [4.78, 5) is 9.27. The average molecular weight is 270 g/mol. The molecule has 1 aromatic rings. The number of aliphatic imine (C=N–C) groups is 2. The van der Waals surface area contributed by atoms with E-state index in [1.807, 2.05) is 0 Å². The summed E-state index contributed by atoms with van der Waals surface area (Å²) in [5, 5.41) is 0. The summed E-state index contributed by atoms with van der Waals surface area (Å²) in [5.74, 6) is 1.52. The largest absolute Gasteiger partial charge is 0.478 e. The Kier molecular flexibility index (Phi) is 2.43. The first-order valence-corrected chi connectivity index (χ1v) is 7.17. The number of fused-ring (bicyclic) bond motifs is 3. The Hall–Kier alpha value is -1.84. The Morgan fingerprint density at radius 2 is 2.05 bits per heavy atom. The Bertz CT molecular complexity index is 619. The predicted octanol–water partition coefficient (Wildman–Crippen LogP) is 2.54. The molecule has 4 rings (SSSR count). The highest BCUT2D eigenvalue weighted by Crippen LogP contribution is 2.43. The van der Waals surface area contributed by atoms with Crippen LogP contribution >= 0.6 is 0 Å². The van der Waals surface area contributed by atoms with Gasteiger partial charge in [0.2, 0.25) is 0 Å². The minimum absolute atomic E-state index is 0.141. The maximum absolute atomic E-state index is 6.13. The van der Waals surface area contributed by atoms with E-state index in [2.05, 4.69) is 43.1 Å². The molecule has 4 heteroatoms. The van der Waals surface area contributed by atoms with Crippen LogP contribution in [0.1, 0.15) is 31.0 Å². The van der Waals surface area contributed by atoms with Crippen molar-refractivity contribution >= 4 is 11.8 Å². The predicted molar refractivity (Wildman–Crippen MR) is 77.2 cm³/mol. The molecule has 2 heterocycles. The van der Waals surface area contributed by atoms with E-state index in [4.69, 9.17) is 14.5 Å². The highest BCUT2D eigenvalue weighted by Gasteiger charge is 2.46. The van der Waals surface area contributed by atoms with E-state index < -0.39 is 0 Å². The van der Waals surface area contributed by atoms with E-state index in [9.17, 15) is 0 Å². The molecule has 3 aliphatic rings. The van der Waals surface area contributed by atoms with Gasteiger partial charge in [-0.1, -0.05) is 24.3 Å². The Morgan fingerprint density at radius 3 is 2.85 bits per heavy atom. The molecule has 0 spiro atoms. The molecule has 0 unspecified atom stereocenters. The Morgan fingerprint density at radius 1 is 1.20 bits per heavy atom. The first kappa shape index (κ1) is 11.9. The lowest BCUT2D eigenvalue weighted by atomic mass is 9.93. The molecule has 20 heavy (non-hydrogen) atoms. The van der Waals surface area contributed by atoms with Crippen LogP contribution in [0.2, 0.25) is 0 Å². The number of hydrogen-bond acceptors (Lipinski definition) is 4. The molecule has 2 atom stereocenters. The second-order valence-corrected chi connectivity index (χ2v) is 6.10. The molecule has 0 saturated carbocycles. The molecular formula is C16H18N2O2. The minimum atomic E-state index is -0.365. The van der Waals surface area contributed by atoms with Crippen molar-refractivity contribution in [2.24, 2.45) is 15.4 Å². The zero-order chi connectivity index (χ0) is 13.7. The van der Waals surface area contributed by atoms with Gasteiger partial charge in [-0.2, -0.15) is 0 Å². The van der Waals surface area contributed by atoms with Crippen molar-refractivity contribution < 1.29 is 9.47 Å². The molecular weight excluding hydrogens is 252 g/mol. The number of hydrogen-bond donors (Lipinski definition) is 0. The lowest BCUT2D eigenvalue weighted by Gasteiger charge is -2.24. The van der Waals surface area contributed by atoms with E-state index in [1.54, 1.807) is 0 Å². The fourth-order valence-corrected chi connectivity index (χ4v) is 3.21. The molecule has 0 fully saturated rings. The van der Waals surface area contributed by atoms with Gasteiger partial charge in [0.1, 0.15) is 24.2 Å². The quantitative estimate of drug-likeness (QED) is 0.829. The van der Waals surface area contributed by atoms with Crippen LogP contribution in [0.5, 0.6) is 0 Å². The molecule has 0 radical (unpaired) electrons. The average Bonchev–Trinajstić information content (AvgIpc) is 3.14. The van der Waals surface area contributed by atoms with Crippen LogP contribution in [0.15, 0.2) is 34.3 Å². The summed E-state index contributed by atoms with van der Waals surface area (Å²) in [6.45, 7) is 5.55. The molecule has 0 amide bonds. The molecule has 0 saturated heterocycles. The van der Waals surface area contributed by atoms with Gasteiger partial charge in [-0.05, 0) is 25.0 Å². The topological polar surface area (TPSA) is 43.2 Å². The smallest absolute Gasteiger partial charge is 0.199 e. The second-order valence-electron chi connectivity index (χ2n) is 6.10. The molecule has 104 valence electrons. The maximum Gasteiger partial charge on any atom is 0.199 e. The first-order valence-electron chi connectivity index (χ1n) is 7.17. The summed E-state index contributed by atoms with van der Waals surface area (Å²) in [5.41, 5.74) is 2.30. The van der Waals surface area contributed by atoms with Gasteiger partial charge in [-0.3, -0.25) is 4.99 Å². The van der Waals surface area contributed by atoms with Crippen LogP contribution in [0, 0.1) is 5.41 Å². The van der Waals surface area contributed by atoms with Gasteiger partial charge in [0.25, 0.3) is 0 Å². The zero-order valence-electron chi connectivity index (χ0n) is 11.8. The molecule has 1 aliphatic carbocycles. The van der Waals surface area contributed by atoms with Gasteiger partial charge in [-0.15, -0.1) is 0 Å². The summed E-state index contributed by atoms with van der Waals surface area (Å²) in [6, 6.07) is 8.62. The van der Waals surface area contributed by atoms with Gasteiger partial charge < -0.3 is 9.47 Å². The third kappa shape index (κ3) is 1.60. The van der Waals surface area contributed by atoms with Gasteiger partial charge in [-0.25, -0.2) is 4.99 Å². The molecule has 0 N–H and O–H groups in total. The van der Waals surface area contributed by atoms with Crippen molar-refractivity contribution in [3.05, 3.63) is 35.4 Å². The van der Waals surface area contributed by atoms with Crippen LogP contribution in [0.4, 0.5) is 0 Å². The summed E-state index contributed by atoms with van der Waals surface area (Å²) >= 11 is 0. The first-order chi connectivity index (χ1) is 9.66. The van der Waals surface area contributed by atoms with Gasteiger partial charge in [0.15, 0.2) is 11.8 Å². The Balaban J connectivity index is 1.67. The van der Waals surface area contributed by atoms with Crippen LogP contribution in [-0.4, -0.2) is 31.1 Å². The van der Waals surface area contributed by atoms with Crippen molar-refractivity contribution in [2.75, 3.05) is 13.2 Å². The van der Waals surface area contributed by atoms with Crippen molar-refractivity contribution in [2.45, 2.75) is 32.4 Å². The lowest BCUT2D eigenvalue weighted by molar-refractivity contribution is 0.186. The van der Waals surface area contributed by atoms with Crippen LogP contribution < -0.4 is 0 Å². The number of benzene rings is 1. The summed E-state index contributed by atoms with van der Waals surface area (Å²) in [6.07, 6.45) is 1.08. The highest BCUT2D eigenvalue weighted by molar-refractivity contribution is 6.05. The monoisotopic (exact) mass is 270 g/mol. The fraction of sp³-hybridized carbons (Fsp3) is 0.500. The zero-order valence-corrected chi connectivity index (χ0v) is 11.8. The molecule has 1 aromatic carbocycles. The molecule has 0 aromatic heterocycles. The van der Waals surface area contributed by atoms with E-state index in [0.717, 1.165) is 24.8 Å². The third-order valence-electron chi connectivity index (χ3n) is 4.32. The van der Waals surface area contributed by atoms with Crippen molar-refractivity contribution in [3.8, 4) is 0 Å². The Labute approximate surface area is 118 Å². The maximum atomic E-state index is 6.13. The second kappa shape index (κ2) is 4.08. The fourth-order valence-electron chi connectivity index (χ4n) is 3.21. The minimum Gasteiger partial charge on any atom is -0.478 e. The molecule has 2 aliphatic heterocycles. The van der Waals surface area contributed by atoms with E-state index in [0.29, 0.717) is 6.61 Å². The molecule has 4 nitrogen and oxygen atoms in total. The van der Waals surface area contributed by atoms with Crippen LogP contribution in [0.25, 0.3) is 0 Å². The highest BCUT2D eigenvalue weighted by atomic mass is 16.5. The van der Waals surface area contributed by atoms with Gasteiger partial charge in [0.05, 0.1) is 6.54 Å². The van der Waals surface area contributed by atoms with Crippen molar-refractivity contribution in [1.29, 1.82) is 0 Å². The normalized spacial score (nSPS) is 27.3. The van der Waals surface area contributed by atoms with Gasteiger partial charge in [0, 0.05) is 6.42 Å². The SMILES string of the molecule is CC(C)(C1=NCCO1)C1=N[C@@H]2c3ccccc3C[C@@H]2O1. The van der Waals surface area contributed by atoms with Crippen LogP contribution in [0.3, 0.4) is 0 Å². The number of ether oxygens (including phenoxy) is 2. The number of nitrogens with zero attached hydrogens (tertiary/aromatic N) is 2. The van der Waals surface area contributed by atoms with Crippen LogP contribution in [-0.2, 0) is 15.9 Å². The van der Waals surface area contributed by atoms with Gasteiger partial charge >= 0.3 is 0 Å². The number of rotatable bonds is 2. The van der Waals surface area contributed by atoms with E-state index in [1.165, 1.54) is 11.1 Å². The molecule has 0 bridgehead atoms. The lowest BCUT2D eigenvalue weighted by Crippen LogP contribution is -2.35. The van der Waals surface area contributed by atoms with Crippen molar-refractivity contribution in [3.63, 3.8) is 0 Å².